The Morgan fingerprint density at radius 3 is 1.08 bits per heavy atom. The Morgan fingerprint density at radius 2 is 0.788 bits per heavy atom. The van der Waals surface area contributed by atoms with Gasteiger partial charge in [0.2, 0.25) is 0 Å². The number of ketones is 2. The number of alkyl halides is 6. The number of halogens is 6. The zero-order valence-electron chi connectivity index (χ0n) is 36.0. The van der Waals surface area contributed by atoms with Gasteiger partial charge in [0.1, 0.15) is 0 Å². The minimum absolute atomic E-state index is 0.0971. The summed E-state index contributed by atoms with van der Waals surface area (Å²) in [5.41, 5.74) is 0.0959. The smallest absolute Gasteiger partial charge is 0.395 e. The summed E-state index contributed by atoms with van der Waals surface area (Å²) >= 11 is 0. The van der Waals surface area contributed by atoms with Crippen LogP contribution >= 0.6 is 20.6 Å². The van der Waals surface area contributed by atoms with Crippen molar-refractivity contribution in [3.05, 3.63) is 178 Å². The van der Waals surface area contributed by atoms with Crippen LogP contribution in [-0.2, 0) is 30.6 Å². The fraction of sp³-hybridized carbons (Fsp3) is 0.333. The molecule has 0 radical (unpaired) electrons. The molecule has 0 heterocycles. The van der Waals surface area contributed by atoms with E-state index < -0.39 is 106 Å². The molecule has 0 unspecified atom stereocenters. The van der Waals surface area contributed by atoms with Crippen LogP contribution < -0.4 is 0 Å². The van der Waals surface area contributed by atoms with E-state index in [1.807, 2.05) is 91.0 Å². The van der Waals surface area contributed by atoms with E-state index in [0.29, 0.717) is 12.8 Å². The van der Waals surface area contributed by atoms with Gasteiger partial charge in [0.15, 0.2) is 11.6 Å². The number of carbonyl (C=O) groups is 2. The molecule has 0 saturated carbocycles. The average Bonchev–Trinajstić information content (AvgIpc) is 3.30. The van der Waals surface area contributed by atoms with Gasteiger partial charge in [-0.3, -0.25) is 9.59 Å². The van der Waals surface area contributed by atoms with Crippen LogP contribution in [0, 0.1) is 0 Å². The maximum atomic E-state index is 13.8. The largest absolute Gasteiger partial charge is 0.660 e. The molecular formula is C48H53BF6O9S2. The van der Waals surface area contributed by atoms with E-state index in [0.717, 1.165) is 65.2 Å². The van der Waals surface area contributed by atoms with Crippen LogP contribution in [0.1, 0.15) is 61.4 Å². The molecule has 5 rings (SSSR count). The molecule has 0 aliphatic heterocycles. The van der Waals surface area contributed by atoms with Crippen LogP contribution in [0.4, 0.5) is 26.3 Å². The highest BCUT2D eigenvalue weighted by Gasteiger charge is 2.43. The third-order valence-corrected chi connectivity index (χ3v) is 17.4. The summed E-state index contributed by atoms with van der Waals surface area (Å²) in [6.07, 6.45) is -8.55. The van der Waals surface area contributed by atoms with Crippen molar-refractivity contribution >= 4 is 39.5 Å². The van der Waals surface area contributed by atoms with Crippen LogP contribution in [0.2, 0.25) is 0 Å². The molecule has 0 amide bonds. The van der Waals surface area contributed by atoms with Crippen molar-refractivity contribution in [3.63, 3.8) is 0 Å². The number of hydrogen-bond donors (Lipinski definition) is 4. The summed E-state index contributed by atoms with van der Waals surface area (Å²) in [7, 11) is -7.79. The molecule has 0 saturated heterocycles. The lowest BCUT2D eigenvalue weighted by Crippen LogP contribution is -2.39. The molecular weight excluding hydrogens is 909 g/mol. The van der Waals surface area contributed by atoms with Crippen LogP contribution in [-0.4, -0.2) is 107 Å². The van der Waals surface area contributed by atoms with Gasteiger partial charge in [-0.25, -0.2) is 0 Å². The summed E-state index contributed by atoms with van der Waals surface area (Å²) in [5.74, 6) is -3.25. The van der Waals surface area contributed by atoms with E-state index >= 15 is 0 Å². The zero-order valence-corrected chi connectivity index (χ0v) is 37.6. The first-order valence-electron chi connectivity index (χ1n) is 21.1. The van der Waals surface area contributed by atoms with Gasteiger partial charge >= 0.3 is 19.7 Å². The Kier molecular flexibility index (Phi) is 19.1. The molecule has 356 valence electrons. The van der Waals surface area contributed by atoms with Crippen molar-refractivity contribution in [2.75, 3.05) is 67.6 Å². The van der Waals surface area contributed by atoms with Gasteiger partial charge in [-0.2, -0.15) is 26.3 Å². The number of aliphatic hydroxyl groups is 4. The molecule has 0 bridgehead atoms. The number of aliphatic hydroxyl groups excluding tert-OH is 4. The Labute approximate surface area is 384 Å². The van der Waals surface area contributed by atoms with Gasteiger partial charge in [-0.1, -0.05) is 115 Å². The van der Waals surface area contributed by atoms with Gasteiger partial charge < -0.3 is 33.3 Å². The quantitative estimate of drug-likeness (QED) is 0.0140. The minimum atomic E-state index is -4.66. The lowest BCUT2D eigenvalue weighted by atomic mass is 9.67. The van der Waals surface area contributed by atoms with Crippen LogP contribution in [0.25, 0.3) is 0 Å². The second kappa shape index (κ2) is 24.0. The summed E-state index contributed by atoms with van der Waals surface area (Å²) in [6.45, 7) is -2.34. The summed E-state index contributed by atoms with van der Waals surface area (Å²) in [6, 6.07) is 36.7. The molecule has 0 spiro atoms. The molecule has 9 nitrogen and oxygen atoms in total. The lowest BCUT2D eigenvalue weighted by Gasteiger charge is -2.44. The van der Waals surface area contributed by atoms with Gasteiger partial charge in [0.05, 0.1) is 49.1 Å². The van der Waals surface area contributed by atoms with E-state index in [4.69, 9.17) is 12.9 Å². The SMILES string of the molecule is O=C(CS(CCO)(CCO)OB(OCCCC(c1ccccc1)(c1ccccc1)c1ccccc1)OS(CCO)(CCO)CC(=O)c1ccc(C(F)(F)F)cc1)c1ccc(C(F)(F)F)cc1. The highest BCUT2D eigenvalue weighted by molar-refractivity contribution is 8.32. The van der Waals surface area contributed by atoms with Crippen LogP contribution in [0.5, 0.6) is 0 Å². The standard InChI is InChI=1S/C48H53BF6O9S2/c50-47(51,52)42-21-17-37(18-22-42)44(60)35-65(31-26-56,32-27-57)63-49(64-66(33-28-58,34-29-59)36-45(61)38-19-23-43(24-20-38)48(53,54)55)62-30-10-25-46(39-11-4-1-5-12-39,40-13-6-2-7-14-40)41-15-8-3-9-16-41/h1-9,11-24,56-59H,10,25-36H2. The Bertz CT molecular complexity index is 2050. The van der Waals surface area contributed by atoms with E-state index in [-0.39, 0.29) is 40.7 Å². The van der Waals surface area contributed by atoms with E-state index in [1.165, 1.54) is 0 Å². The number of benzene rings is 5. The van der Waals surface area contributed by atoms with Gasteiger partial charge in [0, 0.05) is 46.2 Å². The van der Waals surface area contributed by atoms with Gasteiger partial charge in [0.25, 0.3) is 0 Å². The first-order chi connectivity index (χ1) is 31.5. The lowest BCUT2D eigenvalue weighted by molar-refractivity contribution is -0.138. The third kappa shape index (κ3) is 13.8. The molecule has 5 aromatic carbocycles. The Hall–Kier alpha value is -4.50. The van der Waals surface area contributed by atoms with E-state index in [9.17, 15) is 56.4 Å². The first kappa shape index (κ1) is 52.5. The van der Waals surface area contributed by atoms with Gasteiger partial charge in [-0.15, -0.1) is 20.6 Å². The monoisotopic (exact) mass is 962 g/mol. The molecule has 4 N–H and O–H groups in total. The minimum Gasteiger partial charge on any atom is -0.395 e. The molecule has 5 aromatic rings. The fourth-order valence-corrected chi connectivity index (χ4v) is 12.8. The predicted molar refractivity (Wildman–Crippen MR) is 247 cm³/mol. The predicted octanol–water partition coefficient (Wildman–Crippen LogP) is 9.05. The summed E-state index contributed by atoms with van der Waals surface area (Å²) in [4.78, 5) is 27.7. The van der Waals surface area contributed by atoms with Gasteiger partial charge in [-0.05, 0) is 53.8 Å². The normalized spacial score (nSPS) is 13.1. The van der Waals surface area contributed by atoms with Crippen molar-refractivity contribution in [3.8, 4) is 0 Å². The highest BCUT2D eigenvalue weighted by Crippen LogP contribution is 2.55. The zero-order chi connectivity index (χ0) is 47.9. The van der Waals surface area contributed by atoms with Crippen molar-refractivity contribution in [2.45, 2.75) is 30.6 Å². The maximum Gasteiger partial charge on any atom is 0.660 e. The summed E-state index contributed by atoms with van der Waals surface area (Å²) < 4.78 is 100.0. The molecule has 66 heavy (non-hydrogen) atoms. The number of hydrogen-bond acceptors (Lipinski definition) is 9. The van der Waals surface area contributed by atoms with E-state index in [2.05, 4.69) is 0 Å². The van der Waals surface area contributed by atoms with E-state index in [1.54, 1.807) is 0 Å². The number of rotatable bonds is 26. The van der Waals surface area contributed by atoms with Crippen molar-refractivity contribution < 1.29 is 69.2 Å². The maximum absolute atomic E-state index is 13.8. The molecule has 0 atom stereocenters. The average molecular weight is 963 g/mol. The fourth-order valence-electron chi connectivity index (χ4n) is 7.78. The Balaban J connectivity index is 1.53. The van der Waals surface area contributed by atoms with Crippen LogP contribution in [0.15, 0.2) is 140 Å². The first-order valence-corrected chi connectivity index (χ1v) is 25.2. The van der Waals surface area contributed by atoms with Crippen LogP contribution in [0.3, 0.4) is 0 Å². The van der Waals surface area contributed by atoms with Crippen molar-refractivity contribution in [2.24, 2.45) is 0 Å². The highest BCUT2D eigenvalue weighted by atomic mass is 32.3. The number of carbonyl (C=O) groups excluding carboxylic acids is 2. The molecule has 0 aromatic heterocycles. The second-order valence-corrected chi connectivity index (χ2v) is 21.8. The topological polar surface area (TPSA) is 143 Å². The van der Waals surface area contributed by atoms with Crippen molar-refractivity contribution in [1.29, 1.82) is 0 Å². The molecule has 0 aliphatic carbocycles. The molecule has 18 heteroatoms. The van der Waals surface area contributed by atoms with Crippen molar-refractivity contribution in [1.82, 2.24) is 0 Å². The third-order valence-electron chi connectivity index (χ3n) is 11.0. The number of Topliss-reactive ketones (excluding diaryl/α,β-unsaturated/α-hetero) is 2. The summed E-state index contributed by atoms with van der Waals surface area (Å²) in [5, 5.41) is 41.4. The second-order valence-electron chi connectivity index (χ2n) is 15.4. The Morgan fingerprint density at radius 1 is 0.470 bits per heavy atom. The molecule has 0 fully saturated rings. The molecule has 0 aliphatic rings.